The summed E-state index contributed by atoms with van der Waals surface area (Å²) in [5, 5.41) is 3.10. The van der Waals surface area contributed by atoms with E-state index in [0.717, 1.165) is 26.1 Å². The van der Waals surface area contributed by atoms with Crippen molar-refractivity contribution in [2.45, 2.75) is 18.8 Å². The van der Waals surface area contributed by atoms with E-state index in [9.17, 15) is 4.91 Å². The van der Waals surface area contributed by atoms with Crippen LogP contribution in [0.25, 0.3) is 0 Å². The number of rotatable bonds is 4. The molecule has 1 saturated heterocycles. The predicted octanol–water partition coefficient (Wildman–Crippen LogP) is 2.96. The summed E-state index contributed by atoms with van der Waals surface area (Å²) in [6.07, 6.45) is 2.07. The second kappa shape index (κ2) is 5.75. The average molecular weight is 219 g/mol. The Balaban J connectivity index is 2.12. The first-order valence-electron chi connectivity index (χ1n) is 5.83. The van der Waals surface area contributed by atoms with Crippen molar-refractivity contribution in [3.63, 3.8) is 0 Å². The molecular weight excluding hydrogens is 202 g/mol. The van der Waals surface area contributed by atoms with Crippen LogP contribution in [0.15, 0.2) is 35.5 Å². The van der Waals surface area contributed by atoms with E-state index in [0.29, 0.717) is 12.5 Å². The van der Waals surface area contributed by atoms with Crippen molar-refractivity contribution in [3.05, 3.63) is 40.8 Å². The van der Waals surface area contributed by atoms with Crippen LogP contribution in [0.4, 0.5) is 0 Å². The molecule has 2 rings (SSSR count). The summed E-state index contributed by atoms with van der Waals surface area (Å²) in [5.41, 5.74) is 1.23. The Hall–Kier alpha value is -1.22. The van der Waals surface area contributed by atoms with Gasteiger partial charge in [0.25, 0.3) is 0 Å². The molecule has 0 N–H and O–H groups in total. The minimum atomic E-state index is 0.266. The Kier molecular flexibility index (Phi) is 4.05. The molecule has 1 aliphatic rings. The molecule has 86 valence electrons. The molecule has 1 atom stereocenters. The second-order valence-electron chi connectivity index (χ2n) is 4.28. The molecule has 0 spiro atoms. The number of nitrogens with zero attached hydrogens (tertiary/aromatic N) is 1. The summed E-state index contributed by atoms with van der Waals surface area (Å²) >= 11 is 0. The first-order chi connectivity index (χ1) is 7.92. The largest absolute Gasteiger partial charge is 0.381 e. The lowest BCUT2D eigenvalue weighted by Gasteiger charge is -2.29. The zero-order chi connectivity index (χ0) is 11.2. The molecule has 1 aromatic rings. The number of ether oxygens (including phenoxy) is 1. The highest BCUT2D eigenvalue weighted by atomic mass is 16.5. The van der Waals surface area contributed by atoms with Crippen LogP contribution in [-0.4, -0.2) is 19.8 Å². The summed E-state index contributed by atoms with van der Waals surface area (Å²) in [6, 6.07) is 10.2. The van der Waals surface area contributed by atoms with Gasteiger partial charge in [-0.3, -0.25) is 0 Å². The highest BCUT2D eigenvalue weighted by Crippen LogP contribution is 2.32. The van der Waals surface area contributed by atoms with E-state index in [-0.39, 0.29) is 5.92 Å². The molecule has 1 unspecified atom stereocenters. The minimum absolute atomic E-state index is 0.266. The number of hydrogen-bond acceptors (Lipinski definition) is 3. The average Bonchev–Trinajstić information content (AvgIpc) is 2.38. The Bertz CT molecular complexity index is 320. The monoisotopic (exact) mass is 219 g/mol. The molecule has 0 bridgehead atoms. The van der Waals surface area contributed by atoms with Crippen LogP contribution in [0.2, 0.25) is 0 Å². The third-order valence-corrected chi connectivity index (χ3v) is 3.33. The van der Waals surface area contributed by atoms with Crippen LogP contribution in [0.1, 0.15) is 24.3 Å². The topological polar surface area (TPSA) is 38.7 Å². The van der Waals surface area contributed by atoms with Gasteiger partial charge in [-0.1, -0.05) is 35.5 Å². The maximum absolute atomic E-state index is 10.5. The first-order valence-corrected chi connectivity index (χ1v) is 5.83. The van der Waals surface area contributed by atoms with Crippen molar-refractivity contribution in [3.8, 4) is 0 Å². The highest BCUT2D eigenvalue weighted by molar-refractivity contribution is 5.21. The molecule has 0 saturated carbocycles. The lowest BCUT2D eigenvalue weighted by molar-refractivity contribution is 0.0586. The molecule has 1 aliphatic heterocycles. The van der Waals surface area contributed by atoms with E-state index < -0.39 is 0 Å². The molecule has 0 aliphatic carbocycles. The van der Waals surface area contributed by atoms with Gasteiger partial charge in [0.05, 0.1) is 6.54 Å². The van der Waals surface area contributed by atoms with Crippen molar-refractivity contribution in [1.82, 2.24) is 0 Å². The van der Waals surface area contributed by atoms with E-state index in [1.165, 1.54) is 5.56 Å². The summed E-state index contributed by atoms with van der Waals surface area (Å²) in [5.74, 6) is 0.802. The lowest BCUT2D eigenvalue weighted by Crippen LogP contribution is -2.23. The van der Waals surface area contributed by atoms with Gasteiger partial charge in [-0.15, -0.1) is 0 Å². The van der Waals surface area contributed by atoms with Crippen molar-refractivity contribution in [2.24, 2.45) is 11.1 Å². The molecule has 0 radical (unpaired) electrons. The summed E-state index contributed by atoms with van der Waals surface area (Å²) in [7, 11) is 0. The zero-order valence-electron chi connectivity index (χ0n) is 9.34. The van der Waals surface area contributed by atoms with Gasteiger partial charge < -0.3 is 4.74 Å². The fourth-order valence-corrected chi connectivity index (χ4v) is 2.43. The molecule has 0 aromatic heterocycles. The highest BCUT2D eigenvalue weighted by Gasteiger charge is 2.25. The van der Waals surface area contributed by atoms with Gasteiger partial charge in [0, 0.05) is 19.1 Å². The minimum Gasteiger partial charge on any atom is -0.381 e. The smallest absolute Gasteiger partial charge is 0.0882 e. The first kappa shape index (κ1) is 11.3. The van der Waals surface area contributed by atoms with Gasteiger partial charge >= 0.3 is 0 Å². The quantitative estimate of drug-likeness (QED) is 0.730. The van der Waals surface area contributed by atoms with Crippen molar-refractivity contribution in [1.29, 1.82) is 0 Å². The molecule has 1 fully saturated rings. The van der Waals surface area contributed by atoms with Crippen molar-refractivity contribution >= 4 is 0 Å². The zero-order valence-corrected chi connectivity index (χ0v) is 9.34. The third kappa shape index (κ3) is 2.67. The fraction of sp³-hybridized carbons (Fsp3) is 0.538. The van der Waals surface area contributed by atoms with Crippen LogP contribution in [-0.2, 0) is 4.74 Å². The van der Waals surface area contributed by atoms with Crippen LogP contribution in [0.3, 0.4) is 0 Å². The summed E-state index contributed by atoms with van der Waals surface area (Å²) < 4.78 is 5.36. The van der Waals surface area contributed by atoms with Gasteiger partial charge in [0.1, 0.15) is 0 Å². The van der Waals surface area contributed by atoms with Crippen LogP contribution < -0.4 is 0 Å². The van der Waals surface area contributed by atoms with E-state index in [4.69, 9.17) is 4.74 Å². The molecular formula is C13H17NO2. The van der Waals surface area contributed by atoms with Gasteiger partial charge in [-0.25, -0.2) is 0 Å². The van der Waals surface area contributed by atoms with E-state index in [2.05, 4.69) is 17.3 Å². The normalized spacial score (nSPS) is 19.2. The van der Waals surface area contributed by atoms with Crippen molar-refractivity contribution < 1.29 is 4.74 Å². The Morgan fingerprint density at radius 2 is 1.94 bits per heavy atom. The van der Waals surface area contributed by atoms with Crippen LogP contribution in [0.5, 0.6) is 0 Å². The van der Waals surface area contributed by atoms with Gasteiger partial charge in [-0.05, 0) is 24.3 Å². The molecule has 3 nitrogen and oxygen atoms in total. The SMILES string of the molecule is O=NCC(c1ccccc1)C1CCOCC1. The predicted molar refractivity (Wildman–Crippen MR) is 63.4 cm³/mol. The summed E-state index contributed by atoms with van der Waals surface area (Å²) in [6.45, 7) is 2.01. The number of hydrogen-bond donors (Lipinski definition) is 0. The third-order valence-electron chi connectivity index (χ3n) is 3.33. The van der Waals surface area contributed by atoms with Gasteiger partial charge in [-0.2, -0.15) is 4.91 Å². The number of benzene rings is 1. The van der Waals surface area contributed by atoms with Gasteiger partial charge in [0.2, 0.25) is 0 Å². The van der Waals surface area contributed by atoms with Crippen LogP contribution in [0, 0.1) is 10.8 Å². The van der Waals surface area contributed by atoms with Crippen molar-refractivity contribution in [2.75, 3.05) is 19.8 Å². The molecule has 3 heteroatoms. The molecule has 0 amide bonds. The van der Waals surface area contributed by atoms with E-state index >= 15 is 0 Å². The van der Waals surface area contributed by atoms with E-state index in [1.807, 2.05) is 18.2 Å². The summed E-state index contributed by atoms with van der Waals surface area (Å²) in [4.78, 5) is 10.5. The second-order valence-corrected chi connectivity index (χ2v) is 4.28. The lowest BCUT2D eigenvalue weighted by atomic mass is 9.81. The Labute approximate surface area is 95.8 Å². The molecule has 1 aromatic carbocycles. The Morgan fingerprint density at radius 1 is 1.25 bits per heavy atom. The maximum Gasteiger partial charge on any atom is 0.0882 e. The maximum atomic E-state index is 10.5. The standard InChI is InChI=1S/C13H17NO2/c15-14-10-13(11-4-2-1-3-5-11)12-6-8-16-9-7-12/h1-5,12-13H,6-10H2. The number of nitroso groups, excluding NO2 is 1. The van der Waals surface area contributed by atoms with Gasteiger partial charge in [0.15, 0.2) is 0 Å². The fourth-order valence-electron chi connectivity index (χ4n) is 2.43. The van der Waals surface area contributed by atoms with Crippen LogP contribution >= 0.6 is 0 Å². The molecule has 1 heterocycles. The van der Waals surface area contributed by atoms with E-state index in [1.54, 1.807) is 0 Å². The molecule has 16 heavy (non-hydrogen) atoms. The Morgan fingerprint density at radius 3 is 2.56 bits per heavy atom.